The van der Waals surface area contributed by atoms with Gasteiger partial charge >= 0.3 is 0 Å². The van der Waals surface area contributed by atoms with Crippen molar-refractivity contribution in [2.75, 3.05) is 32.1 Å². The smallest absolute Gasteiger partial charge is 0.282 e. The van der Waals surface area contributed by atoms with E-state index >= 15 is 0 Å². The van der Waals surface area contributed by atoms with Crippen LogP contribution in [0.3, 0.4) is 0 Å². The highest BCUT2D eigenvalue weighted by Gasteiger charge is 2.24. The van der Waals surface area contributed by atoms with Crippen molar-refractivity contribution in [2.24, 2.45) is 10.7 Å². The van der Waals surface area contributed by atoms with Crippen molar-refractivity contribution in [3.8, 4) is 0 Å². The standard InChI is InChI=1S/C24H35N5O2/c1-5-19(29(4)20-9-12-31-13-10-20)8-11-26-23-21(24(30)27-17(3)25)15-18-14-16(2)6-7-22(18)28-23/h6-7,14-15,19-20H,5,8-13H2,1-4H3,(H,26,28)(H2,25,27,30). The molecule has 2 aromatic rings. The molecule has 1 aliphatic rings. The molecule has 1 aliphatic heterocycles. The number of aliphatic imine (C=N–C) groups is 1. The molecule has 0 saturated carbocycles. The monoisotopic (exact) mass is 425 g/mol. The van der Waals surface area contributed by atoms with Gasteiger partial charge in [-0.05, 0) is 64.8 Å². The second-order valence-corrected chi connectivity index (χ2v) is 8.43. The molecule has 168 valence electrons. The van der Waals surface area contributed by atoms with Gasteiger partial charge in [-0.15, -0.1) is 0 Å². The fraction of sp³-hybridized carbons (Fsp3) is 0.542. The predicted octanol–water partition coefficient (Wildman–Crippen LogP) is 3.75. The second-order valence-electron chi connectivity index (χ2n) is 8.43. The minimum atomic E-state index is -0.371. The first-order valence-corrected chi connectivity index (χ1v) is 11.2. The van der Waals surface area contributed by atoms with Gasteiger partial charge < -0.3 is 20.7 Å². The summed E-state index contributed by atoms with van der Waals surface area (Å²) in [6.45, 7) is 8.27. The maximum absolute atomic E-state index is 12.7. The topological polar surface area (TPSA) is 92.8 Å². The maximum atomic E-state index is 12.7. The minimum Gasteiger partial charge on any atom is -0.387 e. The number of anilines is 1. The molecule has 7 heteroatoms. The Morgan fingerprint density at radius 1 is 1.35 bits per heavy atom. The number of hydrogen-bond donors (Lipinski definition) is 2. The summed E-state index contributed by atoms with van der Waals surface area (Å²) in [6.07, 6.45) is 4.20. The van der Waals surface area contributed by atoms with Crippen LogP contribution in [0.4, 0.5) is 5.82 Å². The Morgan fingerprint density at radius 3 is 2.77 bits per heavy atom. The number of carbonyl (C=O) groups excluding carboxylic acids is 1. The van der Waals surface area contributed by atoms with E-state index < -0.39 is 0 Å². The molecule has 1 saturated heterocycles. The van der Waals surface area contributed by atoms with Crippen molar-refractivity contribution in [2.45, 2.75) is 58.5 Å². The summed E-state index contributed by atoms with van der Waals surface area (Å²) >= 11 is 0. The number of aryl methyl sites for hydroxylation is 1. The highest BCUT2D eigenvalue weighted by molar-refractivity contribution is 6.07. The van der Waals surface area contributed by atoms with Gasteiger partial charge in [-0.1, -0.05) is 18.6 Å². The quantitative estimate of drug-likeness (QED) is 0.494. The number of nitrogens with zero attached hydrogens (tertiary/aromatic N) is 3. The first kappa shape index (κ1) is 23.2. The van der Waals surface area contributed by atoms with Crippen molar-refractivity contribution in [3.63, 3.8) is 0 Å². The Bertz CT molecular complexity index is 933. The average Bonchev–Trinajstić information content (AvgIpc) is 2.76. The van der Waals surface area contributed by atoms with Gasteiger partial charge in [-0.2, -0.15) is 4.99 Å². The lowest BCUT2D eigenvalue weighted by Gasteiger charge is -2.37. The summed E-state index contributed by atoms with van der Waals surface area (Å²) < 4.78 is 5.51. The normalized spacial score (nSPS) is 16.6. The number of nitrogens with one attached hydrogen (secondary N) is 1. The summed E-state index contributed by atoms with van der Waals surface area (Å²) in [7, 11) is 2.22. The number of fused-ring (bicyclic) bond motifs is 1. The van der Waals surface area contributed by atoms with Crippen LogP contribution >= 0.6 is 0 Å². The molecule has 1 amide bonds. The summed E-state index contributed by atoms with van der Waals surface area (Å²) in [4.78, 5) is 23.9. The Morgan fingerprint density at radius 2 is 2.10 bits per heavy atom. The highest BCUT2D eigenvalue weighted by Crippen LogP contribution is 2.24. The van der Waals surface area contributed by atoms with Crippen molar-refractivity contribution in [1.82, 2.24) is 9.88 Å². The van der Waals surface area contributed by atoms with Gasteiger partial charge in [0.25, 0.3) is 5.91 Å². The third-order valence-corrected chi connectivity index (χ3v) is 6.06. The Hall–Kier alpha value is -2.51. The molecule has 1 aromatic carbocycles. The summed E-state index contributed by atoms with van der Waals surface area (Å²) in [5, 5.41) is 4.32. The van der Waals surface area contributed by atoms with Gasteiger partial charge in [-0.3, -0.25) is 4.79 Å². The number of amides is 1. The summed E-state index contributed by atoms with van der Waals surface area (Å²) in [6, 6.07) is 8.92. The molecule has 0 aliphatic carbocycles. The summed E-state index contributed by atoms with van der Waals surface area (Å²) in [5.41, 5.74) is 8.08. The average molecular weight is 426 g/mol. The molecule has 0 radical (unpaired) electrons. The van der Waals surface area contributed by atoms with E-state index in [2.05, 4.69) is 29.2 Å². The molecule has 2 heterocycles. The Balaban J connectivity index is 1.76. The number of amidine groups is 1. The number of hydrogen-bond acceptors (Lipinski definition) is 5. The lowest BCUT2D eigenvalue weighted by atomic mass is 10.0. The fourth-order valence-corrected chi connectivity index (χ4v) is 4.26. The Kier molecular flexibility index (Phi) is 7.98. The molecule has 1 atom stereocenters. The third-order valence-electron chi connectivity index (χ3n) is 6.06. The van der Waals surface area contributed by atoms with Crippen LogP contribution in [0.25, 0.3) is 10.9 Å². The van der Waals surface area contributed by atoms with Gasteiger partial charge in [-0.25, -0.2) is 4.98 Å². The first-order chi connectivity index (χ1) is 14.9. The molecule has 0 bridgehead atoms. The highest BCUT2D eigenvalue weighted by atomic mass is 16.5. The second kappa shape index (κ2) is 10.7. The number of carbonyl (C=O) groups is 1. The molecule has 1 unspecified atom stereocenters. The van der Waals surface area contributed by atoms with Crippen LogP contribution in [-0.2, 0) is 4.74 Å². The van der Waals surface area contributed by atoms with E-state index in [1.165, 1.54) is 0 Å². The van der Waals surface area contributed by atoms with Crippen LogP contribution in [0.2, 0.25) is 0 Å². The number of aromatic nitrogens is 1. The molecule has 1 fully saturated rings. The largest absolute Gasteiger partial charge is 0.387 e. The SMILES string of the molecule is CCC(CCNc1nc2ccc(C)cc2cc1C(=O)N=C(C)N)N(C)C1CCOCC1. The van der Waals surface area contributed by atoms with E-state index in [9.17, 15) is 4.79 Å². The van der Waals surface area contributed by atoms with Crippen LogP contribution in [-0.4, -0.2) is 60.5 Å². The molecule has 3 rings (SSSR count). The lowest BCUT2D eigenvalue weighted by Crippen LogP contribution is -2.43. The van der Waals surface area contributed by atoms with E-state index in [1.54, 1.807) is 6.92 Å². The molecule has 0 spiro atoms. The van der Waals surface area contributed by atoms with Gasteiger partial charge in [0, 0.05) is 37.2 Å². The zero-order valence-corrected chi connectivity index (χ0v) is 19.1. The number of benzene rings is 1. The Labute approximate surface area is 185 Å². The zero-order chi connectivity index (χ0) is 22.4. The molecule has 1 aromatic heterocycles. The van der Waals surface area contributed by atoms with Crippen LogP contribution < -0.4 is 11.1 Å². The van der Waals surface area contributed by atoms with E-state index in [4.69, 9.17) is 15.5 Å². The zero-order valence-electron chi connectivity index (χ0n) is 19.1. The maximum Gasteiger partial charge on any atom is 0.282 e. The van der Waals surface area contributed by atoms with Gasteiger partial charge in [0.2, 0.25) is 0 Å². The number of pyridine rings is 1. The van der Waals surface area contributed by atoms with Gasteiger partial charge in [0.1, 0.15) is 11.7 Å². The summed E-state index contributed by atoms with van der Waals surface area (Å²) in [5.74, 6) is 0.434. The van der Waals surface area contributed by atoms with Crippen molar-refractivity contribution in [3.05, 3.63) is 35.4 Å². The fourth-order valence-electron chi connectivity index (χ4n) is 4.26. The molecular formula is C24H35N5O2. The first-order valence-electron chi connectivity index (χ1n) is 11.2. The van der Waals surface area contributed by atoms with Crippen LogP contribution in [0, 0.1) is 6.92 Å². The van der Waals surface area contributed by atoms with E-state index in [-0.39, 0.29) is 11.7 Å². The lowest BCUT2D eigenvalue weighted by molar-refractivity contribution is 0.0269. The van der Waals surface area contributed by atoms with Gasteiger partial charge in [0.05, 0.1) is 11.1 Å². The van der Waals surface area contributed by atoms with Crippen molar-refractivity contribution >= 4 is 28.5 Å². The van der Waals surface area contributed by atoms with Gasteiger partial charge in [0.15, 0.2) is 0 Å². The molecule has 31 heavy (non-hydrogen) atoms. The van der Waals surface area contributed by atoms with Crippen LogP contribution in [0.5, 0.6) is 0 Å². The minimum absolute atomic E-state index is 0.240. The third kappa shape index (κ3) is 6.02. The van der Waals surface area contributed by atoms with E-state index in [0.717, 1.165) is 61.9 Å². The van der Waals surface area contributed by atoms with Crippen molar-refractivity contribution < 1.29 is 9.53 Å². The molecule has 3 N–H and O–H groups in total. The van der Waals surface area contributed by atoms with E-state index in [1.807, 2.05) is 31.2 Å². The number of nitrogens with two attached hydrogens (primary N) is 1. The molecule has 7 nitrogen and oxygen atoms in total. The van der Waals surface area contributed by atoms with Crippen molar-refractivity contribution in [1.29, 1.82) is 0 Å². The molecular weight excluding hydrogens is 390 g/mol. The predicted molar refractivity (Wildman–Crippen MR) is 127 cm³/mol. The van der Waals surface area contributed by atoms with Crippen LogP contribution in [0.1, 0.15) is 55.5 Å². The number of ether oxygens (including phenoxy) is 1. The number of rotatable bonds is 8. The van der Waals surface area contributed by atoms with E-state index in [0.29, 0.717) is 23.5 Å². The van der Waals surface area contributed by atoms with Crippen LogP contribution in [0.15, 0.2) is 29.3 Å².